The second-order valence-electron chi connectivity index (χ2n) is 5.60. The van der Waals surface area contributed by atoms with Crippen LogP contribution in [0.4, 0.5) is 0 Å². The summed E-state index contributed by atoms with van der Waals surface area (Å²) in [6, 6.07) is 0. The van der Waals surface area contributed by atoms with Crippen LogP contribution in [0.3, 0.4) is 0 Å². The Hall–Kier alpha value is -0.480. The largest absolute Gasteiger partial charge is 0.481 e. The molecule has 0 aromatic heterocycles. The number of carbonyl (C=O) groups is 2. The molecule has 0 saturated heterocycles. The molecule has 4 nitrogen and oxygen atoms in total. The van der Waals surface area contributed by atoms with E-state index in [1.54, 1.807) is 0 Å². The fourth-order valence-corrected chi connectivity index (χ4v) is 2.27. The van der Waals surface area contributed by atoms with Gasteiger partial charge in [0.1, 0.15) is 0 Å². The molecule has 0 aromatic carbocycles. The highest BCUT2D eigenvalue weighted by Gasteiger charge is 2.20. The maximum atomic E-state index is 11.0. The number of unbranched alkanes of at least 4 members (excludes halogenated alkanes) is 6. The quantitative estimate of drug-likeness (QED) is 0.499. The molecule has 0 fully saturated rings. The van der Waals surface area contributed by atoms with Crippen LogP contribution in [-0.2, 0) is 9.59 Å². The number of halogens is 2. The summed E-state index contributed by atoms with van der Waals surface area (Å²) in [6.07, 6.45) is 8.18. The summed E-state index contributed by atoms with van der Waals surface area (Å²) >= 11 is 0. The van der Waals surface area contributed by atoms with Crippen molar-refractivity contribution in [2.75, 3.05) is 0 Å². The third kappa shape index (κ3) is 15.7. The zero-order valence-corrected chi connectivity index (χ0v) is 14.7. The van der Waals surface area contributed by atoms with E-state index < -0.39 is 11.9 Å². The van der Waals surface area contributed by atoms with Gasteiger partial charge in [0, 0.05) is 6.42 Å². The summed E-state index contributed by atoms with van der Waals surface area (Å²) in [5.74, 6) is -1.40. The number of carboxylic acids is 2. The minimum absolute atomic E-state index is 0. The molecule has 1 atom stereocenters. The highest BCUT2D eigenvalue weighted by Crippen LogP contribution is 2.19. The topological polar surface area (TPSA) is 74.6 Å². The molecule has 0 saturated carbocycles. The summed E-state index contributed by atoms with van der Waals surface area (Å²) in [4.78, 5) is 21.3. The summed E-state index contributed by atoms with van der Waals surface area (Å²) in [7, 11) is 0. The number of hydrogen-bond acceptors (Lipinski definition) is 2. The smallest absolute Gasteiger partial charge is 0.306 e. The first-order valence-electron chi connectivity index (χ1n) is 7.39. The summed E-state index contributed by atoms with van der Waals surface area (Å²) in [6.45, 7) is 3.92. The lowest BCUT2D eigenvalue weighted by molar-refractivity contribution is -0.143. The Morgan fingerprint density at radius 2 is 1.24 bits per heavy atom. The molecule has 0 rings (SSSR count). The Bertz CT molecular complexity index is 270. The van der Waals surface area contributed by atoms with Crippen LogP contribution in [0.1, 0.15) is 71.6 Å². The minimum Gasteiger partial charge on any atom is -0.481 e. The van der Waals surface area contributed by atoms with Crippen LogP contribution in [0.5, 0.6) is 0 Å². The van der Waals surface area contributed by atoms with E-state index >= 15 is 0 Å². The van der Waals surface area contributed by atoms with E-state index in [9.17, 15) is 9.59 Å². The average molecular weight is 345 g/mol. The molecule has 1 unspecified atom stereocenters. The molecule has 6 heteroatoms. The van der Waals surface area contributed by atoms with E-state index in [4.69, 9.17) is 10.2 Å². The van der Waals surface area contributed by atoms with Gasteiger partial charge in [-0.3, -0.25) is 9.59 Å². The summed E-state index contributed by atoms with van der Waals surface area (Å²) in [5.41, 5.74) is 0. The summed E-state index contributed by atoms with van der Waals surface area (Å²) in [5, 5.41) is 17.5. The molecule has 21 heavy (non-hydrogen) atoms. The van der Waals surface area contributed by atoms with Crippen molar-refractivity contribution in [3.8, 4) is 0 Å². The third-order valence-electron chi connectivity index (χ3n) is 3.53. The first kappa shape index (κ1) is 25.5. The number of rotatable bonds is 12. The first-order valence-corrected chi connectivity index (χ1v) is 7.39. The molecule has 0 bridgehead atoms. The predicted octanol–water partition coefficient (Wildman–Crippen LogP) is 4.78. The third-order valence-corrected chi connectivity index (χ3v) is 3.53. The van der Waals surface area contributed by atoms with Crippen LogP contribution in [0.25, 0.3) is 0 Å². The van der Waals surface area contributed by atoms with Gasteiger partial charge in [-0.2, -0.15) is 0 Å². The van der Waals surface area contributed by atoms with Crippen LogP contribution in [0.2, 0.25) is 0 Å². The van der Waals surface area contributed by atoms with E-state index in [-0.39, 0.29) is 43.1 Å². The molecule has 0 amide bonds. The van der Waals surface area contributed by atoms with Crippen molar-refractivity contribution >= 4 is 36.8 Å². The number of aliphatic carboxylic acids is 2. The Kier molecular flexibility index (Phi) is 19.3. The zero-order valence-electron chi connectivity index (χ0n) is 13.0. The Morgan fingerprint density at radius 1 is 0.810 bits per heavy atom. The Labute approximate surface area is 140 Å². The molecule has 0 spiro atoms. The molecule has 0 aliphatic rings. The highest BCUT2D eigenvalue weighted by molar-refractivity contribution is 5.85. The summed E-state index contributed by atoms with van der Waals surface area (Å²) < 4.78 is 0. The molecule has 0 radical (unpaired) electrons. The van der Waals surface area contributed by atoms with Crippen molar-refractivity contribution in [1.82, 2.24) is 0 Å². The fourth-order valence-electron chi connectivity index (χ4n) is 2.27. The standard InChI is InChI=1S/C15H28O4.2ClH/c1-12(2)13(15(18)19)10-8-6-4-3-5-7-9-11-14(16)17;;/h12-13H,3-11H2,1-2H3,(H,16,17)(H,18,19);2*1H. The van der Waals surface area contributed by atoms with Gasteiger partial charge in [-0.25, -0.2) is 0 Å². The van der Waals surface area contributed by atoms with Gasteiger partial charge in [0.15, 0.2) is 0 Å². The lowest BCUT2D eigenvalue weighted by atomic mass is 9.90. The normalized spacial score (nSPS) is 11.4. The van der Waals surface area contributed by atoms with Gasteiger partial charge in [0.2, 0.25) is 0 Å². The van der Waals surface area contributed by atoms with Gasteiger partial charge in [-0.05, 0) is 18.8 Å². The molecular formula is C15H30Cl2O4. The lowest BCUT2D eigenvalue weighted by Crippen LogP contribution is -2.19. The van der Waals surface area contributed by atoms with Crippen LogP contribution in [0.15, 0.2) is 0 Å². The first-order chi connectivity index (χ1) is 8.95. The average Bonchev–Trinajstić information content (AvgIpc) is 2.30. The number of carboxylic acid groups (broad SMARTS) is 2. The maximum Gasteiger partial charge on any atom is 0.306 e. The molecular weight excluding hydrogens is 315 g/mol. The van der Waals surface area contributed by atoms with Gasteiger partial charge in [-0.1, -0.05) is 52.4 Å². The van der Waals surface area contributed by atoms with Gasteiger partial charge >= 0.3 is 11.9 Å². The van der Waals surface area contributed by atoms with E-state index in [1.165, 1.54) is 0 Å². The Morgan fingerprint density at radius 3 is 1.62 bits per heavy atom. The van der Waals surface area contributed by atoms with Crippen LogP contribution < -0.4 is 0 Å². The minimum atomic E-state index is -0.714. The van der Waals surface area contributed by atoms with E-state index in [0.717, 1.165) is 51.4 Å². The van der Waals surface area contributed by atoms with Crippen molar-refractivity contribution in [1.29, 1.82) is 0 Å². The van der Waals surface area contributed by atoms with Crippen molar-refractivity contribution in [2.24, 2.45) is 11.8 Å². The monoisotopic (exact) mass is 344 g/mol. The molecule has 128 valence electrons. The highest BCUT2D eigenvalue weighted by atomic mass is 35.5. The second-order valence-corrected chi connectivity index (χ2v) is 5.60. The van der Waals surface area contributed by atoms with Crippen LogP contribution >= 0.6 is 24.8 Å². The van der Waals surface area contributed by atoms with Gasteiger partial charge in [0.05, 0.1) is 5.92 Å². The van der Waals surface area contributed by atoms with Gasteiger partial charge in [0.25, 0.3) is 0 Å². The van der Waals surface area contributed by atoms with E-state index in [2.05, 4.69) is 0 Å². The molecule has 0 heterocycles. The molecule has 0 aliphatic heterocycles. The number of hydrogen-bond donors (Lipinski definition) is 2. The zero-order chi connectivity index (χ0) is 14.7. The predicted molar refractivity (Wildman–Crippen MR) is 89.6 cm³/mol. The van der Waals surface area contributed by atoms with Crippen LogP contribution in [-0.4, -0.2) is 22.2 Å². The molecule has 0 aliphatic carbocycles. The lowest BCUT2D eigenvalue weighted by Gasteiger charge is -2.15. The SMILES string of the molecule is CC(C)C(CCCCCCCCCC(=O)O)C(=O)O.Cl.Cl. The fraction of sp³-hybridized carbons (Fsp3) is 0.867. The van der Waals surface area contributed by atoms with Crippen molar-refractivity contribution in [3.63, 3.8) is 0 Å². The van der Waals surface area contributed by atoms with Crippen molar-refractivity contribution in [2.45, 2.75) is 71.6 Å². The van der Waals surface area contributed by atoms with Crippen molar-refractivity contribution in [3.05, 3.63) is 0 Å². The Balaban J connectivity index is -0.00000162. The van der Waals surface area contributed by atoms with Gasteiger partial charge in [-0.15, -0.1) is 24.8 Å². The van der Waals surface area contributed by atoms with Gasteiger partial charge < -0.3 is 10.2 Å². The second kappa shape index (κ2) is 15.9. The maximum absolute atomic E-state index is 11.0. The molecule has 0 aromatic rings. The van der Waals surface area contributed by atoms with Crippen LogP contribution in [0, 0.1) is 11.8 Å². The van der Waals surface area contributed by atoms with E-state index in [0.29, 0.717) is 0 Å². The van der Waals surface area contributed by atoms with Crippen molar-refractivity contribution < 1.29 is 19.8 Å². The van der Waals surface area contributed by atoms with E-state index in [1.807, 2.05) is 13.8 Å². The molecule has 2 N–H and O–H groups in total.